The molecule has 0 radical (unpaired) electrons. The summed E-state index contributed by atoms with van der Waals surface area (Å²) in [6.07, 6.45) is -1.20. The van der Waals surface area contributed by atoms with Crippen molar-refractivity contribution in [3.05, 3.63) is 54.1 Å². The lowest BCUT2D eigenvalue weighted by atomic mass is 10.2. The number of nitrogens with one attached hydrogen (secondary N) is 3. The molecule has 10 nitrogen and oxygen atoms in total. The maximum Gasteiger partial charge on any atom is 0.338 e. The number of ether oxygens (including phenoxy) is 1. The molecular formula is C21H27N3O7S2. The van der Waals surface area contributed by atoms with Crippen LogP contribution in [0.5, 0.6) is 0 Å². The van der Waals surface area contributed by atoms with Crippen LogP contribution in [0.1, 0.15) is 38.1 Å². The van der Waals surface area contributed by atoms with Crippen LogP contribution < -0.4 is 14.8 Å². The van der Waals surface area contributed by atoms with E-state index in [-0.39, 0.29) is 27.9 Å². The van der Waals surface area contributed by atoms with Crippen LogP contribution in [0.2, 0.25) is 0 Å². The van der Waals surface area contributed by atoms with E-state index in [0.717, 1.165) is 6.07 Å². The van der Waals surface area contributed by atoms with E-state index in [1.165, 1.54) is 49.4 Å². The van der Waals surface area contributed by atoms with Gasteiger partial charge in [0, 0.05) is 18.3 Å². The summed E-state index contributed by atoms with van der Waals surface area (Å²) in [6, 6.07) is 10.5. The zero-order chi connectivity index (χ0) is 24.8. The zero-order valence-electron chi connectivity index (χ0n) is 18.7. The second-order valence-corrected chi connectivity index (χ2v) is 10.8. The lowest BCUT2D eigenvalue weighted by Crippen LogP contribution is -2.31. The highest BCUT2D eigenvalue weighted by Gasteiger charge is 2.21. The molecule has 0 saturated heterocycles. The molecule has 180 valence electrons. The highest BCUT2D eigenvalue weighted by Crippen LogP contribution is 2.16. The Balaban J connectivity index is 2.04. The number of carbonyl (C=O) groups is 2. The molecule has 0 heterocycles. The van der Waals surface area contributed by atoms with Crippen molar-refractivity contribution in [1.82, 2.24) is 9.44 Å². The van der Waals surface area contributed by atoms with E-state index in [2.05, 4.69) is 14.8 Å². The highest BCUT2D eigenvalue weighted by atomic mass is 32.2. The lowest BCUT2D eigenvalue weighted by molar-refractivity contribution is -0.123. The first-order chi connectivity index (χ1) is 15.4. The van der Waals surface area contributed by atoms with Crippen molar-refractivity contribution in [2.45, 2.75) is 49.6 Å². The van der Waals surface area contributed by atoms with Gasteiger partial charge in [0.15, 0.2) is 6.10 Å². The number of sulfonamides is 2. The molecule has 1 atom stereocenters. The summed E-state index contributed by atoms with van der Waals surface area (Å²) < 4.78 is 58.5. The molecule has 0 aliphatic carbocycles. The first-order valence-corrected chi connectivity index (χ1v) is 13.1. The van der Waals surface area contributed by atoms with Crippen molar-refractivity contribution in [3.63, 3.8) is 0 Å². The van der Waals surface area contributed by atoms with Crippen LogP contribution in [0.3, 0.4) is 0 Å². The maximum atomic E-state index is 12.4. The largest absolute Gasteiger partial charge is 0.449 e. The number of hydrogen-bond donors (Lipinski definition) is 3. The van der Waals surface area contributed by atoms with E-state index in [4.69, 9.17) is 4.74 Å². The summed E-state index contributed by atoms with van der Waals surface area (Å²) in [4.78, 5) is 24.7. The molecule has 2 rings (SSSR count). The lowest BCUT2D eigenvalue weighted by Gasteiger charge is -2.14. The van der Waals surface area contributed by atoms with Crippen LogP contribution in [-0.4, -0.2) is 47.4 Å². The molecule has 2 aromatic carbocycles. The fourth-order valence-corrected chi connectivity index (χ4v) is 5.02. The number of hydrogen-bond acceptors (Lipinski definition) is 7. The summed E-state index contributed by atoms with van der Waals surface area (Å²) in [5, 5.41) is 2.53. The highest BCUT2D eigenvalue weighted by molar-refractivity contribution is 7.89. The van der Waals surface area contributed by atoms with Crippen LogP contribution in [0.25, 0.3) is 0 Å². The molecule has 1 amide bonds. The predicted molar refractivity (Wildman–Crippen MR) is 123 cm³/mol. The Morgan fingerprint density at radius 1 is 0.909 bits per heavy atom. The van der Waals surface area contributed by atoms with Crippen LogP contribution in [0.4, 0.5) is 5.69 Å². The van der Waals surface area contributed by atoms with Crippen molar-refractivity contribution in [2.24, 2.45) is 0 Å². The Bertz CT molecular complexity index is 1210. The Morgan fingerprint density at radius 2 is 1.55 bits per heavy atom. The molecule has 0 spiro atoms. The third-order valence-electron chi connectivity index (χ3n) is 4.19. The van der Waals surface area contributed by atoms with Crippen LogP contribution >= 0.6 is 0 Å². The molecule has 0 aliphatic rings. The van der Waals surface area contributed by atoms with Crippen LogP contribution in [0.15, 0.2) is 58.3 Å². The van der Waals surface area contributed by atoms with Gasteiger partial charge in [0.25, 0.3) is 5.91 Å². The second-order valence-electron chi connectivity index (χ2n) is 7.37. The number of amides is 1. The van der Waals surface area contributed by atoms with Crippen molar-refractivity contribution in [2.75, 3.05) is 11.9 Å². The minimum Gasteiger partial charge on any atom is -0.449 e. The minimum atomic E-state index is -3.76. The van der Waals surface area contributed by atoms with Gasteiger partial charge in [-0.1, -0.05) is 13.0 Å². The summed E-state index contributed by atoms with van der Waals surface area (Å²) in [7, 11) is -7.42. The van der Waals surface area contributed by atoms with Gasteiger partial charge in [-0.05, 0) is 63.2 Å². The average molecular weight is 498 g/mol. The van der Waals surface area contributed by atoms with Crippen LogP contribution in [0, 0.1) is 0 Å². The Kier molecular flexibility index (Phi) is 8.72. The van der Waals surface area contributed by atoms with Crippen LogP contribution in [-0.2, 0) is 29.6 Å². The SMILES string of the molecule is CCNS(=O)(=O)c1cccc(C(=O)OC(C)C(=O)Nc2ccc(S(=O)(=O)NC(C)C)cc2)c1. The molecule has 3 N–H and O–H groups in total. The van der Waals surface area contributed by atoms with Gasteiger partial charge in [0.1, 0.15) is 0 Å². The molecule has 33 heavy (non-hydrogen) atoms. The maximum absolute atomic E-state index is 12.4. The number of carbonyl (C=O) groups excluding carboxylic acids is 2. The summed E-state index contributed by atoms with van der Waals surface area (Å²) in [5.74, 6) is -1.51. The molecule has 12 heteroatoms. The van der Waals surface area contributed by atoms with Gasteiger partial charge >= 0.3 is 5.97 Å². The topological polar surface area (TPSA) is 148 Å². The van der Waals surface area contributed by atoms with Gasteiger partial charge in [-0.3, -0.25) is 4.79 Å². The monoisotopic (exact) mass is 497 g/mol. The number of benzene rings is 2. The minimum absolute atomic E-state index is 0.0270. The smallest absolute Gasteiger partial charge is 0.338 e. The fraction of sp³-hybridized carbons (Fsp3) is 0.333. The van der Waals surface area contributed by atoms with Gasteiger partial charge in [0.05, 0.1) is 15.4 Å². The van der Waals surface area contributed by atoms with E-state index in [0.29, 0.717) is 5.69 Å². The van der Waals surface area contributed by atoms with Crippen molar-refractivity contribution in [3.8, 4) is 0 Å². The van der Waals surface area contributed by atoms with Gasteiger partial charge in [-0.25, -0.2) is 31.1 Å². The zero-order valence-corrected chi connectivity index (χ0v) is 20.3. The summed E-state index contributed by atoms with van der Waals surface area (Å²) in [6.45, 7) is 6.58. The number of esters is 1. The molecule has 0 saturated carbocycles. The molecule has 0 bridgehead atoms. The molecule has 0 aromatic heterocycles. The molecule has 0 aliphatic heterocycles. The Labute approximate surface area is 193 Å². The van der Waals surface area contributed by atoms with Crippen molar-refractivity contribution in [1.29, 1.82) is 0 Å². The third-order valence-corrected chi connectivity index (χ3v) is 7.41. The fourth-order valence-electron chi connectivity index (χ4n) is 2.69. The molecule has 1 unspecified atom stereocenters. The first-order valence-electron chi connectivity index (χ1n) is 10.1. The number of rotatable bonds is 10. The van der Waals surface area contributed by atoms with E-state index in [9.17, 15) is 26.4 Å². The molecular weight excluding hydrogens is 470 g/mol. The normalized spacial score (nSPS) is 12.9. The van der Waals surface area contributed by atoms with E-state index in [1.54, 1.807) is 20.8 Å². The van der Waals surface area contributed by atoms with E-state index >= 15 is 0 Å². The Morgan fingerprint density at radius 3 is 2.12 bits per heavy atom. The van der Waals surface area contributed by atoms with E-state index in [1.807, 2.05) is 0 Å². The molecule has 0 fully saturated rings. The standard InChI is InChI=1S/C21H27N3O7S2/c1-5-22-32(27,28)19-8-6-7-16(13-19)21(26)31-15(4)20(25)23-17-9-11-18(12-10-17)33(29,30)24-14(2)3/h6-15,22,24H,5H2,1-4H3,(H,23,25). The van der Waals surface area contributed by atoms with Crippen molar-refractivity contribution >= 4 is 37.6 Å². The second kappa shape index (κ2) is 10.9. The molecule has 2 aromatic rings. The van der Waals surface area contributed by atoms with E-state index < -0.39 is 38.0 Å². The average Bonchev–Trinajstić information content (AvgIpc) is 2.73. The predicted octanol–water partition coefficient (Wildman–Crippen LogP) is 1.86. The van der Waals surface area contributed by atoms with Crippen molar-refractivity contribution < 1.29 is 31.2 Å². The first kappa shape index (κ1) is 26.5. The Hall–Kier alpha value is -2.80. The summed E-state index contributed by atoms with van der Waals surface area (Å²) >= 11 is 0. The summed E-state index contributed by atoms with van der Waals surface area (Å²) in [5.41, 5.74) is 0.283. The van der Waals surface area contributed by atoms with Gasteiger partial charge < -0.3 is 10.1 Å². The van der Waals surface area contributed by atoms with Gasteiger partial charge in [-0.15, -0.1) is 0 Å². The van der Waals surface area contributed by atoms with Gasteiger partial charge in [-0.2, -0.15) is 0 Å². The third kappa shape index (κ3) is 7.35. The quantitative estimate of drug-likeness (QED) is 0.424. The number of anilines is 1. The van der Waals surface area contributed by atoms with Gasteiger partial charge in [0.2, 0.25) is 20.0 Å².